The van der Waals surface area contributed by atoms with E-state index < -0.39 is 0 Å². The van der Waals surface area contributed by atoms with Crippen molar-refractivity contribution in [1.29, 1.82) is 0 Å². The van der Waals surface area contributed by atoms with Gasteiger partial charge >= 0.3 is 0 Å². The van der Waals surface area contributed by atoms with Crippen LogP contribution in [0.25, 0.3) is 22.3 Å². The first-order valence-corrected chi connectivity index (χ1v) is 9.07. The van der Waals surface area contributed by atoms with E-state index in [1.54, 1.807) is 18.2 Å². The molecule has 3 rings (SSSR count). The zero-order valence-electron chi connectivity index (χ0n) is 14.9. The molecule has 0 aliphatic heterocycles. The van der Waals surface area contributed by atoms with Crippen molar-refractivity contribution < 1.29 is 5.11 Å². The van der Waals surface area contributed by atoms with Crippen molar-refractivity contribution in [3.05, 3.63) is 47.5 Å². The van der Waals surface area contributed by atoms with E-state index in [-0.39, 0.29) is 11.8 Å². The van der Waals surface area contributed by atoms with E-state index in [0.717, 1.165) is 17.3 Å². The molecular weight excluding hydrogens is 348 g/mol. The number of phenolic OH excluding ortho intramolecular Hbond substituents is 1. The molecule has 1 aromatic heterocycles. The topological polar surface area (TPSA) is 84.1 Å². The maximum atomic E-state index is 10.2. The molecule has 0 amide bonds. The molecule has 6 heteroatoms. The summed E-state index contributed by atoms with van der Waals surface area (Å²) in [5, 5.41) is 15.0. The van der Waals surface area contributed by atoms with Crippen molar-refractivity contribution in [2.45, 2.75) is 26.3 Å². The molecule has 3 aromatic rings. The lowest BCUT2D eigenvalue weighted by atomic mass is 10.0. The Balaban J connectivity index is 2.00. The number of benzene rings is 2. The molecule has 2 aromatic carbocycles. The Labute approximate surface area is 158 Å². The number of aromatic nitrogens is 2. The Morgan fingerprint density at radius 1 is 1.15 bits per heavy atom. The van der Waals surface area contributed by atoms with Gasteiger partial charge in [-0.25, -0.2) is 9.97 Å². The standard InChI is InChI=1S/C20H23ClN4O/c1-12(2)9-14(22)11-23-19-15-5-3-4-6-17(15)24-20(25-19)16-10-13(21)7-8-18(16)26/h3-8,10,12,14,26H,9,11,22H2,1-2H3,(H,23,24,25)/t14-/m0/s1. The van der Waals surface area contributed by atoms with Crippen molar-refractivity contribution in [3.63, 3.8) is 0 Å². The van der Waals surface area contributed by atoms with Crippen LogP contribution in [-0.2, 0) is 0 Å². The van der Waals surface area contributed by atoms with Crippen LogP contribution in [0.15, 0.2) is 42.5 Å². The Bertz CT molecular complexity index is 913. The Kier molecular flexibility index (Phi) is 5.59. The maximum absolute atomic E-state index is 10.2. The van der Waals surface area contributed by atoms with Gasteiger partial charge in [0.1, 0.15) is 11.6 Å². The van der Waals surface area contributed by atoms with Crippen molar-refractivity contribution in [3.8, 4) is 17.1 Å². The van der Waals surface area contributed by atoms with Crippen LogP contribution >= 0.6 is 11.6 Å². The number of phenols is 1. The summed E-state index contributed by atoms with van der Waals surface area (Å²) in [7, 11) is 0. The number of aromatic hydroxyl groups is 1. The Morgan fingerprint density at radius 3 is 2.69 bits per heavy atom. The molecule has 0 saturated carbocycles. The summed E-state index contributed by atoms with van der Waals surface area (Å²) in [6, 6.07) is 12.6. The van der Waals surface area contributed by atoms with Crippen LogP contribution in [-0.4, -0.2) is 27.7 Å². The summed E-state index contributed by atoms with van der Waals surface area (Å²) in [4.78, 5) is 9.21. The molecule has 1 atom stereocenters. The van der Waals surface area contributed by atoms with Gasteiger partial charge in [-0.05, 0) is 42.7 Å². The first-order chi connectivity index (χ1) is 12.4. The molecule has 0 aliphatic carbocycles. The van der Waals surface area contributed by atoms with Crippen LogP contribution in [0.4, 0.5) is 5.82 Å². The van der Waals surface area contributed by atoms with Crippen molar-refractivity contribution in [2.75, 3.05) is 11.9 Å². The average molecular weight is 371 g/mol. The molecule has 26 heavy (non-hydrogen) atoms. The number of para-hydroxylation sites is 1. The predicted molar refractivity (Wildman–Crippen MR) is 108 cm³/mol. The largest absolute Gasteiger partial charge is 0.507 e. The van der Waals surface area contributed by atoms with Gasteiger partial charge in [0.15, 0.2) is 5.82 Å². The second kappa shape index (κ2) is 7.89. The van der Waals surface area contributed by atoms with Gasteiger partial charge < -0.3 is 16.2 Å². The van der Waals surface area contributed by atoms with Gasteiger partial charge in [0.2, 0.25) is 0 Å². The van der Waals surface area contributed by atoms with Gasteiger partial charge in [-0.2, -0.15) is 0 Å². The second-order valence-electron chi connectivity index (χ2n) is 6.84. The quantitative estimate of drug-likeness (QED) is 0.597. The van der Waals surface area contributed by atoms with Crippen LogP contribution < -0.4 is 11.1 Å². The fraction of sp³-hybridized carbons (Fsp3) is 0.300. The molecule has 136 valence electrons. The number of anilines is 1. The van der Waals surface area contributed by atoms with E-state index in [2.05, 4.69) is 29.1 Å². The van der Waals surface area contributed by atoms with Crippen LogP contribution in [0.1, 0.15) is 20.3 Å². The van der Waals surface area contributed by atoms with Gasteiger partial charge in [-0.1, -0.05) is 37.6 Å². The monoisotopic (exact) mass is 370 g/mol. The van der Waals surface area contributed by atoms with E-state index in [1.165, 1.54) is 0 Å². The highest BCUT2D eigenvalue weighted by Gasteiger charge is 2.14. The minimum atomic E-state index is 0.0340. The molecule has 4 N–H and O–H groups in total. The van der Waals surface area contributed by atoms with E-state index in [0.29, 0.717) is 34.7 Å². The summed E-state index contributed by atoms with van der Waals surface area (Å²) in [5.74, 6) is 1.74. The van der Waals surface area contributed by atoms with E-state index in [9.17, 15) is 5.11 Å². The molecule has 0 spiro atoms. The minimum Gasteiger partial charge on any atom is -0.507 e. The average Bonchev–Trinajstić information content (AvgIpc) is 2.61. The number of fused-ring (bicyclic) bond motifs is 1. The lowest BCUT2D eigenvalue weighted by Gasteiger charge is -2.17. The fourth-order valence-corrected chi connectivity index (χ4v) is 3.11. The summed E-state index contributed by atoms with van der Waals surface area (Å²) < 4.78 is 0. The van der Waals surface area contributed by atoms with Crippen LogP contribution in [0.2, 0.25) is 5.02 Å². The lowest BCUT2D eigenvalue weighted by Crippen LogP contribution is -2.30. The number of nitrogens with zero attached hydrogens (tertiary/aromatic N) is 2. The van der Waals surface area contributed by atoms with Gasteiger partial charge in [0.25, 0.3) is 0 Å². The molecule has 0 aliphatic rings. The number of nitrogens with one attached hydrogen (secondary N) is 1. The van der Waals surface area contributed by atoms with E-state index >= 15 is 0 Å². The zero-order chi connectivity index (χ0) is 18.7. The molecule has 5 nitrogen and oxygen atoms in total. The van der Waals surface area contributed by atoms with Gasteiger partial charge in [0.05, 0.1) is 11.1 Å². The van der Waals surface area contributed by atoms with E-state index in [4.69, 9.17) is 17.3 Å². The molecule has 1 heterocycles. The first kappa shape index (κ1) is 18.4. The van der Waals surface area contributed by atoms with Crippen molar-refractivity contribution in [1.82, 2.24) is 9.97 Å². The van der Waals surface area contributed by atoms with Gasteiger partial charge in [-0.15, -0.1) is 0 Å². The third kappa shape index (κ3) is 4.23. The molecule has 0 bridgehead atoms. The maximum Gasteiger partial charge on any atom is 0.165 e. The molecule has 0 unspecified atom stereocenters. The highest BCUT2D eigenvalue weighted by Crippen LogP contribution is 2.32. The SMILES string of the molecule is CC(C)C[C@H](N)CNc1nc(-c2cc(Cl)ccc2O)nc2ccccc12. The Hall–Kier alpha value is -2.37. The third-order valence-corrected chi connectivity index (χ3v) is 4.34. The van der Waals surface area contributed by atoms with Crippen molar-refractivity contribution in [2.24, 2.45) is 11.7 Å². The summed E-state index contributed by atoms with van der Waals surface area (Å²) in [6.45, 7) is 4.92. The first-order valence-electron chi connectivity index (χ1n) is 8.69. The molecular formula is C20H23ClN4O. The third-order valence-electron chi connectivity index (χ3n) is 4.11. The number of nitrogens with two attached hydrogens (primary N) is 1. The normalized spacial score (nSPS) is 12.5. The molecule has 0 saturated heterocycles. The predicted octanol–water partition coefficient (Wildman–Crippen LogP) is 4.44. The summed E-state index contributed by atoms with van der Waals surface area (Å²) >= 11 is 6.08. The molecule has 0 fully saturated rings. The second-order valence-corrected chi connectivity index (χ2v) is 7.28. The Morgan fingerprint density at radius 2 is 1.92 bits per heavy atom. The number of rotatable bonds is 6. The minimum absolute atomic E-state index is 0.0340. The van der Waals surface area contributed by atoms with Gasteiger partial charge in [-0.3, -0.25) is 0 Å². The fourth-order valence-electron chi connectivity index (χ4n) is 2.94. The van der Waals surface area contributed by atoms with Crippen molar-refractivity contribution >= 4 is 28.3 Å². The highest BCUT2D eigenvalue weighted by atomic mass is 35.5. The number of halogens is 1. The molecule has 0 radical (unpaired) electrons. The smallest absolute Gasteiger partial charge is 0.165 e. The van der Waals surface area contributed by atoms with Gasteiger partial charge in [0, 0.05) is 23.0 Å². The zero-order valence-corrected chi connectivity index (χ0v) is 15.7. The lowest BCUT2D eigenvalue weighted by molar-refractivity contribution is 0.477. The number of hydrogen-bond acceptors (Lipinski definition) is 5. The van der Waals surface area contributed by atoms with Crippen LogP contribution in [0, 0.1) is 5.92 Å². The summed E-state index contributed by atoms with van der Waals surface area (Å²) in [6.07, 6.45) is 0.929. The highest BCUT2D eigenvalue weighted by molar-refractivity contribution is 6.30. The van der Waals surface area contributed by atoms with Crippen LogP contribution in [0.3, 0.4) is 0 Å². The summed E-state index contributed by atoms with van der Waals surface area (Å²) in [5.41, 5.74) is 7.48. The van der Waals surface area contributed by atoms with E-state index in [1.807, 2.05) is 24.3 Å². The van der Waals surface area contributed by atoms with Crippen LogP contribution in [0.5, 0.6) is 5.75 Å². The number of hydrogen-bond donors (Lipinski definition) is 3.